The van der Waals surface area contributed by atoms with E-state index in [9.17, 15) is 9.59 Å². The van der Waals surface area contributed by atoms with Crippen molar-refractivity contribution in [3.05, 3.63) is 35.4 Å². The zero-order valence-electron chi connectivity index (χ0n) is 10.4. The van der Waals surface area contributed by atoms with Gasteiger partial charge in [-0.05, 0) is 11.1 Å². The average Bonchev–Trinajstić information content (AvgIpc) is 2.36. The summed E-state index contributed by atoms with van der Waals surface area (Å²) in [5, 5.41) is 3.11. The Labute approximate surface area is 106 Å². The van der Waals surface area contributed by atoms with E-state index in [0.29, 0.717) is 19.5 Å². The molecular weight excluding hydrogens is 232 g/mol. The molecule has 0 fully saturated rings. The van der Waals surface area contributed by atoms with Gasteiger partial charge in [-0.3, -0.25) is 9.59 Å². The van der Waals surface area contributed by atoms with Gasteiger partial charge >= 0.3 is 5.97 Å². The minimum atomic E-state index is -0.328. The molecule has 5 heteroatoms. The molecular formula is C13H18N2O3. The molecule has 0 bridgehead atoms. The monoisotopic (exact) mass is 250 g/mol. The highest BCUT2D eigenvalue weighted by Crippen LogP contribution is 2.09. The van der Waals surface area contributed by atoms with Crippen molar-refractivity contribution in [3.8, 4) is 0 Å². The number of carbonyl (C=O) groups is 2. The Kier molecular flexibility index (Phi) is 5.87. The van der Waals surface area contributed by atoms with E-state index >= 15 is 0 Å². The van der Waals surface area contributed by atoms with Crippen molar-refractivity contribution in [2.24, 2.45) is 5.73 Å². The highest BCUT2D eigenvalue weighted by Gasteiger charge is 2.07. The summed E-state index contributed by atoms with van der Waals surface area (Å²) in [7, 11) is 1.37. The lowest BCUT2D eigenvalue weighted by Gasteiger charge is -2.09. The molecule has 0 spiro atoms. The Morgan fingerprint density at radius 1 is 1.28 bits per heavy atom. The van der Waals surface area contributed by atoms with Gasteiger partial charge in [-0.15, -0.1) is 0 Å². The molecule has 0 aliphatic heterocycles. The molecule has 5 nitrogen and oxygen atoms in total. The second kappa shape index (κ2) is 7.45. The topological polar surface area (TPSA) is 81.4 Å². The van der Waals surface area contributed by atoms with Crippen molar-refractivity contribution < 1.29 is 14.3 Å². The first-order valence-corrected chi connectivity index (χ1v) is 5.76. The van der Waals surface area contributed by atoms with Gasteiger partial charge in [-0.2, -0.15) is 0 Å². The summed E-state index contributed by atoms with van der Waals surface area (Å²) in [5.74, 6) is -0.593. The number of ether oxygens (including phenoxy) is 1. The molecule has 1 aromatic rings. The second-order valence-corrected chi connectivity index (χ2v) is 3.91. The lowest BCUT2D eigenvalue weighted by molar-refractivity contribution is -0.139. The third-order valence-corrected chi connectivity index (χ3v) is 2.54. The fourth-order valence-corrected chi connectivity index (χ4v) is 1.56. The zero-order chi connectivity index (χ0) is 13.4. The summed E-state index contributed by atoms with van der Waals surface area (Å²) in [6.45, 7) is 1.13. The number of carbonyl (C=O) groups excluding carboxylic acids is 2. The van der Waals surface area contributed by atoms with Gasteiger partial charge in [-0.1, -0.05) is 24.3 Å². The standard InChI is InChI=1S/C13H18N2O3/c1-18-13(17)8-10-4-2-3-5-11(10)9-15-7-6-12(14)16/h2-5,15H,6-9H2,1H3,(H2,14,16). The number of amides is 1. The minimum absolute atomic E-state index is 0.254. The molecule has 1 amide bonds. The molecule has 0 aliphatic rings. The Balaban J connectivity index is 2.53. The van der Waals surface area contributed by atoms with Crippen LogP contribution < -0.4 is 11.1 Å². The van der Waals surface area contributed by atoms with Crippen LogP contribution in [0.5, 0.6) is 0 Å². The van der Waals surface area contributed by atoms with E-state index in [-0.39, 0.29) is 18.3 Å². The molecule has 0 saturated carbocycles. The molecule has 3 N–H and O–H groups in total. The largest absolute Gasteiger partial charge is 0.469 e. The van der Waals surface area contributed by atoms with E-state index in [1.54, 1.807) is 0 Å². The fraction of sp³-hybridized carbons (Fsp3) is 0.385. The summed E-state index contributed by atoms with van der Waals surface area (Å²) in [6, 6.07) is 7.62. The molecule has 0 heterocycles. The van der Waals surface area contributed by atoms with E-state index < -0.39 is 0 Å². The van der Waals surface area contributed by atoms with Gasteiger partial charge in [0.1, 0.15) is 0 Å². The van der Waals surface area contributed by atoms with E-state index in [4.69, 9.17) is 5.73 Å². The van der Waals surface area contributed by atoms with E-state index in [2.05, 4.69) is 10.1 Å². The van der Waals surface area contributed by atoms with Gasteiger partial charge in [0.2, 0.25) is 5.91 Å². The highest BCUT2D eigenvalue weighted by atomic mass is 16.5. The lowest BCUT2D eigenvalue weighted by atomic mass is 10.0. The Hall–Kier alpha value is -1.88. The smallest absolute Gasteiger partial charge is 0.309 e. The number of esters is 1. The molecule has 0 aliphatic carbocycles. The maximum atomic E-state index is 11.2. The predicted molar refractivity (Wildman–Crippen MR) is 67.7 cm³/mol. The van der Waals surface area contributed by atoms with Crippen LogP contribution >= 0.6 is 0 Å². The number of hydrogen-bond acceptors (Lipinski definition) is 4. The van der Waals surface area contributed by atoms with Crippen molar-refractivity contribution in [2.75, 3.05) is 13.7 Å². The van der Waals surface area contributed by atoms with Crippen molar-refractivity contribution in [1.29, 1.82) is 0 Å². The van der Waals surface area contributed by atoms with E-state index in [0.717, 1.165) is 11.1 Å². The average molecular weight is 250 g/mol. The van der Waals surface area contributed by atoms with Gasteiger partial charge in [0.25, 0.3) is 0 Å². The van der Waals surface area contributed by atoms with E-state index in [1.165, 1.54) is 7.11 Å². The molecule has 0 atom stereocenters. The first kappa shape index (κ1) is 14.2. The Morgan fingerprint density at radius 3 is 2.56 bits per heavy atom. The minimum Gasteiger partial charge on any atom is -0.469 e. The maximum Gasteiger partial charge on any atom is 0.309 e. The van der Waals surface area contributed by atoms with Crippen LogP contribution in [0.4, 0.5) is 0 Å². The summed E-state index contributed by atoms with van der Waals surface area (Å²) in [5.41, 5.74) is 6.99. The molecule has 98 valence electrons. The fourth-order valence-electron chi connectivity index (χ4n) is 1.56. The van der Waals surface area contributed by atoms with Gasteiger partial charge in [0.05, 0.1) is 13.5 Å². The molecule has 18 heavy (non-hydrogen) atoms. The molecule has 0 unspecified atom stereocenters. The molecule has 1 rings (SSSR count). The third kappa shape index (κ3) is 4.97. The van der Waals surface area contributed by atoms with Crippen LogP contribution in [0.1, 0.15) is 17.5 Å². The summed E-state index contributed by atoms with van der Waals surface area (Å²) in [6.07, 6.45) is 0.559. The number of rotatable bonds is 7. The van der Waals surface area contributed by atoms with Crippen molar-refractivity contribution >= 4 is 11.9 Å². The molecule has 0 radical (unpaired) electrons. The van der Waals surface area contributed by atoms with Crippen LogP contribution in [0.25, 0.3) is 0 Å². The normalized spacial score (nSPS) is 10.1. The number of nitrogens with one attached hydrogen (secondary N) is 1. The van der Waals surface area contributed by atoms with Crippen molar-refractivity contribution in [1.82, 2.24) is 5.32 Å². The van der Waals surface area contributed by atoms with Crippen LogP contribution in [0, 0.1) is 0 Å². The van der Waals surface area contributed by atoms with Crippen LogP contribution in [-0.4, -0.2) is 25.5 Å². The van der Waals surface area contributed by atoms with E-state index in [1.807, 2.05) is 24.3 Å². The number of primary amides is 1. The van der Waals surface area contributed by atoms with Gasteiger partial charge in [-0.25, -0.2) is 0 Å². The maximum absolute atomic E-state index is 11.2. The summed E-state index contributed by atoms with van der Waals surface area (Å²) >= 11 is 0. The number of nitrogens with two attached hydrogens (primary N) is 1. The lowest BCUT2D eigenvalue weighted by Crippen LogP contribution is -2.22. The van der Waals surface area contributed by atoms with Crippen LogP contribution in [0.2, 0.25) is 0 Å². The number of hydrogen-bond donors (Lipinski definition) is 2. The Morgan fingerprint density at radius 2 is 1.94 bits per heavy atom. The quantitative estimate of drug-likeness (QED) is 0.541. The van der Waals surface area contributed by atoms with Gasteiger partial charge in [0, 0.05) is 19.5 Å². The van der Waals surface area contributed by atoms with Gasteiger partial charge < -0.3 is 15.8 Å². The van der Waals surface area contributed by atoms with Crippen molar-refractivity contribution in [2.45, 2.75) is 19.4 Å². The van der Waals surface area contributed by atoms with Crippen LogP contribution in [0.3, 0.4) is 0 Å². The highest BCUT2D eigenvalue weighted by molar-refractivity contribution is 5.74. The molecule has 0 saturated heterocycles. The number of methoxy groups -OCH3 is 1. The number of benzene rings is 1. The molecule has 1 aromatic carbocycles. The summed E-state index contributed by atoms with van der Waals surface area (Å²) < 4.78 is 4.65. The predicted octanol–water partition coefficient (Wildman–Crippen LogP) is 0.367. The first-order chi connectivity index (χ1) is 8.63. The first-order valence-electron chi connectivity index (χ1n) is 5.76. The van der Waals surface area contributed by atoms with Crippen molar-refractivity contribution in [3.63, 3.8) is 0 Å². The third-order valence-electron chi connectivity index (χ3n) is 2.54. The van der Waals surface area contributed by atoms with Gasteiger partial charge in [0.15, 0.2) is 0 Å². The van der Waals surface area contributed by atoms with Crippen LogP contribution in [0.15, 0.2) is 24.3 Å². The Bertz CT molecular complexity index is 418. The second-order valence-electron chi connectivity index (χ2n) is 3.91. The SMILES string of the molecule is COC(=O)Cc1ccccc1CNCCC(N)=O. The summed E-state index contributed by atoms with van der Waals surface area (Å²) in [4.78, 5) is 21.8. The molecule has 0 aromatic heterocycles. The van der Waals surface area contributed by atoms with Crippen LogP contribution in [-0.2, 0) is 27.3 Å². The zero-order valence-corrected chi connectivity index (χ0v) is 10.4.